The summed E-state index contributed by atoms with van der Waals surface area (Å²) in [5, 5.41) is 6.83. The Morgan fingerprint density at radius 1 is 1.20 bits per heavy atom. The summed E-state index contributed by atoms with van der Waals surface area (Å²) in [6.45, 7) is 5.57. The number of carbonyl (C=O) groups excluding carboxylic acids is 1. The lowest BCUT2D eigenvalue weighted by Crippen LogP contribution is -2.27. The van der Waals surface area contributed by atoms with E-state index in [0.717, 1.165) is 35.5 Å². The van der Waals surface area contributed by atoms with E-state index in [1.54, 1.807) is 18.5 Å². The quantitative estimate of drug-likeness (QED) is 0.738. The molecule has 0 aliphatic rings. The zero-order valence-electron chi connectivity index (χ0n) is 15.2. The molecule has 2 aromatic rings. The van der Waals surface area contributed by atoms with Gasteiger partial charge in [0.05, 0.1) is 28.2 Å². The number of rotatable bonds is 7. The fraction of sp³-hybridized carbons (Fsp3) is 0.368. The van der Waals surface area contributed by atoms with E-state index in [4.69, 9.17) is 11.6 Å². The van der Waals surface area contributed by atoms with E-state index in [0.29, 0.717) is 17.1 Å². The highest BCUT2D eigenvalue weighted by molar-refractivity contribution is 6.33. The highest BCUT2D eigenvalue weighted by Crippen LogP contribution is 2.30. The maximum Gasteiger partial charge on any atom is 0.252 e. The molecule has 25 heavy (non-hydrogen) atoms. The second-order valence-corrected chi connectivity index (χ2v) is 6.85. The molecular formula is C19H25ClN4O. The third-order valence-electron chi connectivity index (χ3n) is 3.77. The zero-order valence-corrected chi connectivity index (χ0v) is 15.9. The molecule has 5 nitrogen and oxygen atoms in total. The summed E-state index contributed by atoms with van der Waals surface area (Å²) in [6.07, 6.45) is 4.15. The number of hydrogen-bond donors (Lipinski definition) is 2. The molecule has 0 spiro atoms. The lowest BCUT2D eigenvalue weighted by molar-refractivity contribution is 0.0952. The third-order valence-corrected chi connectivity index (χ3v) is 4.07. The Kier molecular flexibility index (Phi) is 6.79. The molecule has 6 heteroatoms. The predicted octanol–water partition coefficient (Wildman–Crippen LogP) is 3.78. The molecule has 1 aromatic carbocycles. The minimum atomic E-state index is -0.123. The topological polar surface area (TPSA) is 57.3 Å². The standard InChI is InChI=1S/C19H25ClN4O/c1-13-8-14(2)18(17(20)9-13)23-16-10-15(11-21-12-16)19(25)22-6-5-7-24(3)4/h8-12,23H,5-7H2,1-4H3,(H,22,25). The van der Waals surface area contributed by atoms with Crippen LogP contribution in [0.5, 0.6) is 0 Å². The van der Waals surface area contributed by atoms with Crippen molar-refractivity contribution in [2.75, 3.05) is 32.5 Å². The van der Waals surface area contributed by atoms with Gasteiger partial charge in [0.15, 0.2) is 0 Å². The van der Waals surface area contributed by atoms with Crippen LogP contribution in [0.15, 0.2) is 30.6 Å². The van der Waals surface area contributed by atoms with Gasteiger partial charge in [-0.25, -0.2) is 0 Å². The average Bonchev–Trinajstić information content (AvgIpc) is 2.55. The maximum atomic E-state index is 12.3. The van der Waals surface area contributed by atoms with Crippen molar-refractivity contribution in [3.63, 3.8) is 0 Å². The van der Waals surface area contributed by atoms with Crippen LogP contribution in [-0.4, -0.2) is 43.0 Å². The van der Waals surface area contributed by atoms with Crippen LogP contribution >= 0.6 is 11.6 Å². The van der Waals surface area contributed by atoms with Crippen LogP contribution in [0.2, 0.25) is 5.02 Å². The fourth-order valence-corrected chi connectivity index (χ4v) is 2.92. The summed E-state index contributed by atoms with van der Waals surface area (Å²) in [5.41, 5.74) is 4.24. The monoisotopic (exact) mass is 360 g/mol. The van der Waals surface area contributed by atoms with E-state index in [1.165, 1.54) is 0 Å². The molecule has 0 saturated heterocycles. The Morgan fingerprint density at radius 2 is 1.96 bits per heavy atom. The smallest absolute Gasteiger partial charge is 0.252 e. The van der Waals surface area contributed by atoms with Gasteiger partial charge in [0, 0.05) is 12.7 Å². The Morgan fingerprint density at radius 3 is 2.64 bits per heavy atom. The first-order valence-electron chi connectivity index (χ1n) is 8.28. The Labute approximate surface area is 154 Å². The largest absolute Gasteiger partial charge is 0.353 e. The van der Waals surface area contributed by atoms with Crippen molar-refractivity contribution >= 4 is 28.9 Å². The Balaban J connectivity index is 2.05. The molecule has 0 aliphatic heterocycles. The number of hydrogen-bond acceptors (Lipinski definition) is 4. The van der Waals surface area contributed by atoms with Crippen LogP contribution in [0.3, 0.4) is 0 Å². The summed E-state index contributed by atoms with van der Waals surface area (Å²) in [6, 6.07) is 5.75. The number of amides is 1. The van der Waals surface area contributed by atoms with E-state index in [2.05, 4.69) is 26.6 Å². The van der Waals surface area contributed by atoms with E-state index in [1.807, 2.05) is 34.0 Å². The Bertz CT molecular complexity index is 723. The third kappa shape index (κ3) is 5.73. The summed E-state index contributed by atoms with van der Waals surface area (Å²) in [4.78, 5) is 18.5. The maximum absolute atomic E-state index is 12.3. The van der Waals surface area contributed by atoms with Gasteiger partial charge in [-0.3, -0.25) is 9.78 Å². The SMILES string of the molecule is Cc1cc(C)c(Nc2cncc(C(=O)NCCCN(C)C)c2)c(Cl)c1. The number of carbonyl (C=O) groups is 1. The molecule has 1 aromatic heterocycles. The van der Waals surface area contributed by atoms with Crippen molar-refractivity contribution < 1.29 is 4.79 Å². The van der Waals surface area contributed by atoms with E-state index >= 15 is 0 Å². The highest BCUT2D eigenvalue weighted by atomic mass is 35.5. The van der Waals surface area contributed by atoms with Gasteiger partial charge in [0.2, 0.25) is 0 Å². The molecule has 0 saturated carbocycles. The summed E-state index contributed by atoms with van der Waals surface area (Å²) in [7, 11) is 4.03. The molecule has 2 rings (SSSR count). The molecule has 0 aliphatic carbocycles. The second-order valence-electron chi connectivity index (χ2n) is 6.44. The number of halogens is 1. The summed E-state index contributed by atoms with van der Waals surface area (Å²) >= 11 is 6.33. The minimum absolute atomic E-state index is 0.123. The van der Waals surface area contributed by atoms with Gasteiger partial charge in [0.1, 0.15) is 0 Å². The van der Waals surface area contributed by atoms with Crippen LogP contribution in [0.25, 0.3) is 0 Å². The Hall–Kier alpha value is -2.11. The van der Waals surface area contributed by atoms with Gasteiger partial charge in [-0.2, -0.15) is 0 Å². The van der Waals surface area contributed by atoms with Crippen molar-refractivity contribution in [2.24, 2.45) is 0 Å². The van der Waals surface area contributed by atoms with Gasteiger partial charge in [-0.1, -0.05) is 17.7 Å². The fourth-order valence-electron chi connectivity index (χ4n) is 2.55. The first-order chi connectivity index (χ1) is 11.9. The van der Waals surface area contributed by atoms with Crippen molar-refractivity contribution in [1.82, 2.24) is 15.2 Å². The zero-order chi connectivity index (χ0) is 18.4. The molecule has 0 atom stereocenters. The van der Waals surface area contributed by atoms with Crippen molar-refractivity contribution in [1.29, 1.82) is 0 Å². The van der Waals surface area contributed by atoms with Crippen LogP contribution in [0.1, 0.15) is 27.9 Å². The number of nitrogens with zero attached hydrogens (tertiary/aromatic N) is 2. The molecule has 0 bridgehead atoms. The molecule has 1 amide bonds. The van der Waals surface area contributed by atoms with Crippen LogP contribution in [-0.2, 0) is 0 Å². The molecule has 1 heterocycles. The van der Waals surface area contributed by atoms with E-state index < -0.39 is 0 Å². The number of aromatic nitrogens is 1. The molecule has 0 radical (unpaired) electrons. The van der Waals surface area contributed by atoms with Gasteiger partial charge in [-0.15, -0.1) is 0 Å². The van der Waals surface area contributed by atoms with Gasteiger partial charge in [0.25, 0.3) is 5.91 Å². The lowest BCUT2D eigenvalue weighted by Gasteiger charge is -2.13. The van der Waals surface area contributed by atoms with E-state index in [9.17, 15) is 4.79 Å². The molecule has 0 unspecified atom stereocenters. The molecular weight excluding hydrogens is 336 g/mol. The van der Waals surface area contributed by atoms with Crippen LogP contribution in [0.4, 0.5) is 11.4 Å². The van der Waals surface area contributed by atoms with Crippen LogP contribution in [0, 0.1) is 13.8 Å². The second kappa shape index (κ2) is 8.83. The number of aryl methyl sites for hydroxylation is 2. The highest BCUT2D eigenvalue weighted by Gasteiger charge is 2.09. The number of anilines is 2. The predicted molar refractivity (Wildman–Crippen MR) is 104 cm³/mol. The summed E-state index contributed by atoms with van der Waals surface area (Å²) in [5.74, 6) is -0.123. The molecule has 2 N–H and O–H groups in total. The number of nitrogens with one attached hydrogen (secondary N) is 2. The normalized spacial score (nSPS) is 10.8. The van der Waals surface area contributed by atoms with Crippen molar-refractivity contribution in [2.45, 2.75) is 20.3 Å². The number of benzene rings is 1. The van der Waals surface area contributed by atoms with Crippen molar-refractivity contribution in [3.05, 3.63) is 52.3 Å². The minimum Gasteiger partial charge on any atom is -0.353 e. The average molecular weight is 361 g/mol. The lowest BCUT2D eigenvalue weighted by atomic mass is 10.1. The van der Waals surface area contributed by atoms with Crippen LogP contribution < -0.4 is 10.6 Å². The van der Waals surface area contributed by atoms with Gasteiger partial charge < -0.3 is 15.5 Å². The van der Waals surface area contributed by atoms with E-state index in [-0.39, 0.29) is 5.91 Å². The summed E-state index contributed by atoms with van der Waals surface area (Å²) < 4.78 is 0. The first-order valence-corrected chi connectivity index (χ1v) is 8.66. The van der Waals surface area contributed by atoms with Crippen molar-refractivity contribution in [3.8, 4) is 0 Å². The number of pyridine rings is 1. The molecule has 0 fully saturated rings. The first kappa shape index (κ1) is 19.2. The van der Waals surface area contributed by atoms with Gasteiger partial charge >= 0.3 is 0 Å². The molecule has 134 valence electrons. The van der Waals surface area contributed by atoms with Gasteiger partial charge in [-0.05, 0) is 64.2 Å².